The molecule has 1 aliphatic rings. The van der Waals surface area contributed by atoms with E-state index in [2.05, 4.69) is 0 Å². The van der Waals surface area contributed by atoms with Gasteiger partial charge in [-0.05, 0) is 100 Å². The number of carbonyl (C=O) groups excluding carboxylic acids is 2. The van der Waals surface area contributed by atoms with Gasteiger partial charge in [0.05, 0.1) is 11.5 Å². The van der Waals surface area contributed by atoms with Crippen molar-refractivity contribution in [2.24, 2.45) is 5.41 Å². The van der Waals surface area contributed by atoms with E-state index in [0.717, 1.165) is 29.6 Å². The van der Waals surface area contributed by atoms with Crippen molar-refractivity contribution >= 4 is 11.8 Å². The van der Waals surface area contributed by atoms with Crippen LogP contribution >= 0.6 is 0 Å². The number of hydrogen-bond donors (Lipinski definition) is 1. The number of allylic oxidation sites excluding steroid dienone is 3. The van der Waals surface area contributed by atoms with Crippen LogP contribution in [0.2, 0.25) is 0 Å². The number of aliphatic hydroxyl groups is 1. The van der Waals surface area contributed by atoms with E-state index in [-0.39, 0.29) is 24.8 Å². The van der Waals surface area contributed by atoms with Gasteiger partial charge in [0, 0.05) is 6.42 Å². The lowest BCUT2D eigenvalue weighted by Gasteiger charge is -2.28. The second kappa shape index (κ2) is 12.3. The fraction of sp³-hybridized carbons (Fsp3) is 0.714. The molecule has 1 heterocycles. The first-order valence-corrected chi connectivity index (χ1v) is 12.2. The third-order valence-corrected chi connectivity index (χ3v) is 5.96. The fourth-order valence-corrected chi connectivity index (χ4v) is 3.69. The maximum atomic E-state index is 13.2. The van der Waals surface area contributed by atoms with Gasteiger partial charge < -0.3 is 19.3 Å². The lowest BCUT2D eigenvalue weighted by atomic mass is 9.87. The molecule has 0 radical (unpaired) electrons. The molecule has 0 aromatic carbocycles. The molecule has 3 atom stereocenters. The number of Topliss-reactive ketones (excluding diaryl/α,β-unsaturated/α-hetero) is 1. The quantitative estimate of drug-likeness (QED) is 0.297. The first kappa shape index (κ1) is 30.3. The number of esters is 1. The van der Waals surface area contributed by atoms with Gasteiger partial charge in [-0.1, -0.05) is 23.3 Å². The molecule has 6 nitrogen and oxygen atoms in total. The van der Waals surface area contributed by atoms with E-state index in [4.69, 9.17) is 14.2 Å². The Hall–Kier alpha value is -1.76. The van der Waals surface area contributed by atoms with E-state index in [1.165, 1.54) is 0 Å². The third kappa shape index (κ3) is 9.47. The predicted octanol–water partition coefficient (Wildman–Crippen LogP) is 5.84. The molecule has 1 saturated heterocycles. The minimum Gasteiger partial charge on any atom is -0.461 e. The second-order valence-electron chi connectivity index (χ2n) is 11.3. The number of carbonyl (C=O) groups is 2. The highest BCUT2D eigenvalue weighted by Gasteiger charge is 2.54. The van der Waals surface area contributed by atoms with E-state index in [1.807, 2.05) is 80.5 Å². The highest BCUT2D eigenvalue weighted by Crippen LogP contribution is 2.40. The Labute approximate surface area is 206 Å². The smallest absolute Gasteiger partial charge is 0.311 e. The molecule has 1 rings (SSSR count). The zero-order valence-electron chi connectivity index (χ0n) is 22.9. The normalized spacial score (nSPS) is 24.0. The maximum Gasteiger partial charge on any atom is 0.311 e. The Kier molecular flexibility index (Phi) is 10.9. The molecule has 1 fully saturated rings. The molecule has 194 valence electrons. The van der Waals surface area contributed by atoms with E-state index in [0.29, 0.717) is 6.42 Å². The number of aliphatic hydroxyl groups excluding tert-OH is 1. The van der Waals surface area contributed by atoms with Gasteiger partial charge in [0.2, 0.25) is 0 Å². The van der Waals surface area contributed by atoms with Crippen molar-refractivity contribution in [1.82, 2.24) is 0 Å². The van der Waals surface area contributed by atoms with Gasteiger partial charge in [-0.15, -0.1) is 0 Å². The number of hydrogen-bond acceptors (Lipinski definition) is 6. The summed E-state index contributed by atoms with van der Waals surface area (Å²) in [7, 11) is 0. The minimum atomic E-state index is -1.11. The first-order valence-electron chi connectivity index (χ1n) is 12.2. The Bertz CT molecular complexity index is 807. The molecule has 0 aromatic heterocycles. The van der Waals surface area contributed by atoms with Crippen molar-refractivity contribution in [3.05, 3.63) is 34.9 Å². The first-order chi connectivity index (χ1) is 15.5. The van der Waals surface area contributed by atoms with Gasteiger partial charge in [-0.25, -0.2) is 0 Å². The molecule has 0 amide bonds. The van der Waals surface area contributed by atoms with Crippen molar-refractivity contribution in [1.29, 1.82) is 0 Å². The van der Waals surface area contributed by atoms with Gasteiger partial charge in [0.1, 0.15) is 12.7 Å². The van der Waals surface area contributed by atoms with Crippen LogP contribution in [0, 0.1) is 5.41 Å². The largest absolute Gasteiger partial charge is 0.461 e. The summed E-state index contributed by atoms with van der Waals surface area (Å²) < 4.78 is 17.3. The van der Waals surface area contributed by atoms with Crippen LogP contribution < -0.4 is 0 Å². The summed E-state index contributed by atoms with van der Waals surface area (Å²) >= 11 is 0. The van der Waals surface area contributed by atoms with E-state index in [9.17, 15) is 14.7 Å². The summed E-state index contributed by atoms with van der Waals surface area (Å²) in [4.78, 5) is 25.0. The molecular weight excluding hydrogens is 432 g/mol. The highest BCUT2D eigenvalue weighted by molar-refractivity contribution is 5.88. The Morgan fingerprint density at radius 1 is 1.06 bits per heavy atom. The summed E-state index contributed by atoms with van der Waals surface area (Å²) in [6.45, 7) is 18.9. The molecule has 0 saturated carbocycles. The molecule has 6 heteroatoms. The van der Waals surface area contributed by atoms with Crippen molar-refractivity contribution < 1.29 is 28.9 Å². The van der Waals surface area contributed by atoms with E-state index >= 15 is 0 Å². The molecule has 1 N–H and O–H groups in total. The predicted molar refractivity (Wildman–Crippen MR) is 135 cm³/mol. The Morgan fingerprint density at radius 2 is 1.68 bits per heavy atom. The Balaban J connectivity index is 2.66. The number of rotatable bonds is 11. The maximum absolute atomic E-state index is 13.2. The lowest BCUT2D eigenvalue weighted by Crippen LogP contribution is -2.46. The van der Waals surface area contributed by atoms with Crippen LogP contribution in [0.4, 0.5) is 0 Å². The minimum absolute atomic E-state index is 0.0266. The standard InChI is InChI=1S/C28H46O6/c1-19(2)14-15-24-28(10,34-27(8,9)33-24)23(30)18-22(29)21(4)13-11-12-20(3)16-17-32-25(31)26(5,6)7/h13-14,16,22,24,29H,11-12,15,17-18H2,1-10H3/b20-16+,21-13+/t22?,24-,28+/m0/s1. The zero-order valence-corrected chi connectivity index (χ0v) is 22.9. The van der Waals surface area contributed by atoms with Crippen LogP contribution in [-0.4, -0.2) is 47.1 Å². The van der Waals surface area contributed by atoms with Crippen LogP contribution in [0.25, 0.3) is 0 Å². The van der Waals surface area contributed by atoms with Gasteiger partial charge in [0.25, 0.3) is 0 Å². The van der Waals surface area contributed by atoms with Crippen LogP contribution in [-0.2, 0) is 23.8 Å². The summed E-state index contributed by atoms with van der Waals surface area (Å²) in [6, 6.07) is 0. The second-order valence-corrected chi connectivity index (χ2v) is 11.3. The molecule has 0 spiro atoms. The molecule has 0 bridgehead atoms. The van der Waals surface area contributed by atoms with Crippen molar-refractivity contribution in [2.45, 2.75) is 119 Å². The van der Waals surface area contributed by atoms with Gasteiger partial charge in [0.15, 0.2) is 17.2 Å². The summed E-state index contributed by atoms with van der Waals surface area (Å²) in [5.74, 6) is -1.25. The van der Waals surface area contributed by atoms with Gasteiger partial charge >= 0.3 is 5.97 Å². The van der Waals surface area contributed by atoms with Gasteiger partial charge in [-0.3, -0.25) is 9.59 Å². The average molecular weight is 479 g/mol. The molecule has 0 aliphatic carbocycles. The van der Waals surface area contributed by atoms with Crippen molar-refractivity contribution in [3.8, 4) is 0 Å². The monoisotopic (exact) mass is 478 g/mol. The molecule has 1 aliphatic heterocycles. The van der Waals surface area contributed by atoms with Crippen molar-refractivity contribution in [3.63, 3.8) is 0 Å². The molecule has 34 heavy (non-hydrogen) atoms. The van der Waals surface area contributed by atoms with Crippen LogP contribution in [0.15, 0.2) is 34.9 Å². The number of ketones is 1. The zero-order chi connectivity index (χ0) is 26.3. The molecule has 1 unspecified atom stereocenters. The van der Waals surface area contributed by atoms with E-state index < -0.39 is 29.0 Å². The van der Waals surface area contributed by atoms with Gasteiger partial charge in [-0.2, -0.15) is 0 Å². The third-order valence-electron chi connectivity index (χ3n) is 5.96. The summed E-state index contributed by atoms with van der Waals surface area (Å²) in [6.07, 6.45) is 6.67. The van der Waals surface area contributed by atoms with Crippen LogP contribution in [0.1, 0.15) is 94.9 Å². The lowest BCUT2D eigenvalue weighted by molar-refractivity contribution is -0.170. The molecular formula is C28H46O6. The van der Waals surface area contributed by atoms with Crippen LogP contribution in [0.3, 0.4) is 0 Å². The number of ether oxygens (including phenoxy) is 3. The SMILES string of the molecule is CC(C)=CC[C@@H]1OC(C)(C)O[C@]1(C)C(=O)CC(O)/C(C)=C/CC/C(C)=C/COC(=O)C(C)(C)C. The summed E-state index contributed by atoms with van der Waals surface area (Å²) in [5, 5.41) is 10.7. The van der Waals surface area contributed by atoms with E-state index in [1.54, 1.807) is 6.92 Å². The van der Waals surface area contributed by atoms with Crippen molar-refractivity contribution in [2.75, 3.05) is 6.61 Å². The average Bonchev–Trinajstić information content (AvgIpc) is 2.94. The molecule has 0 aromatic rings. The Morgan fingerprint density at radius 3 is 2.24 bits per heavy atom. The van der Waals surface area contributed by atoms with Crippen LogP contribution in [0.5, 0.6) is 0 Å². The highest BCUT2D eigenvalue weighted by atomic mass is 16.8. The summed E-state index contributed by atoms with van der Waals surface area (Å²) in [5.41, 5.74) is 1.38. The topological polar surface area (TPSA) is 82.1 Å². The fourth-order valence-electron chi connectivity index (χ4n) is 3.69.